The van der Waals surface area contributed by atoms with Crippen molar-refractivity contribution in [3.05, 3.63) is 82.2 Å². The smallest absolute Gasteiger partial charge is 0.232 e. The molecule has 1 heterocycles. The molecule has 3 aromatic carbocycles. The maximum Gasteiger partial charge on any atom is 0.287 e. The van der Waals surface area contributed by atoms with Crippen molar-refractivity contribution in [1.82, 2.24) is 4.98 Å². The topological polar surface area (TPSA) is 16.8 Å². The third-order valence-corrected chi connectivity index (χ3v) is 9.17. The van der Waals surface area contributed by atoms with Crippen molar-refractivity contribution in [3.8, 4) is 22.4 Å². The largest absolute Gasteiger partial charge is 0.287 e. The average Bonchev–Trinajstić information content (AvgIpc) is 3.44. The third-order valence-electron chi connectivity index (χ3n) is 9.17. The molecule has 0 unspecified atom stereocenters. The van der Waals surface area contributed by atoms with Crippen LogP contribution in [0.15, 0.2) is 48.8 Å². The fourth-order valence-electron chi connectivity index (χ4n) is 6.64. The van der Waals surface area contributed by atoms with Gasteiger partial charge in [-0.15, -0.1) is 0 Å². The monoisotopic (exact) mass is 519 g/mol. The predicted octanol–water partition coefficient (Wildman–Crippen LogP) is 10.0. The standard InChI is InChI=1S/C37H47N2/c1-22(2)29-17-32(23(3)4)36(33(18-29)24(5)6)30-16-25(7)26(8)34(19-30)37-31-15-14-28(27-12-10-11-13-27)20-35(31)38-21-39(37)9/h14-24,27H,10-13H2,1-9H3/q+1. The highest BCUT2D eigenvalue weighted by Gasteiger charge is 2.24. The lowest BCUT2D eigenvalue weighted by Gasteiger charge is -2.24. The van der Waals surface area contributed by atoms with Crippen LogP contribution < -0.4 is 4.57 Å². The van der Waals surface area contributed by atoms with Crippen molar-refractivity contribution >= 4 is 10.9 Å². The average molecular weight is 520 g/mol. The summed E-state index contributed by atoms with van der Waals surface area (Å²) in [5.74, 6) is 2.11. The first kappa shape index (κ1) is 27.6. The van der Waals surface area contributed by atoms with Gasteiger partial charge in [-0.25, -0.2) is 4.57 Å². The molecule has 0 atom stereocenters. The van der Waals surface area contributed by atoms with Gasteiger partial charge in [0, 0.05) is 5.56 Å². The van der Waals surface area contributed by atoms with E-state index >= 15 is 0 Å². The van der Waals surface area contributed by atoms with Crippen LogP contribution in [0, 0.1) is 13.8 Å². The summed E-state index contributed by atoms with van der Waals surface area (Å²) >= 11 is 0. The molecule has 0 aliphatic heterocycles. The minimum Gasteiger partial charge on any atom is -0.232 e. The van der Waals surface area contributed by atoms with Crippen molar-refractivity contribution in [2.24, 2.45) is 7.05 Å². The summed E-state index contributed by atoms with van der Waals surface area (Å²) < 4.78 is 2.22. The van der Waals surface area contributed by atoms with Crippen LogP contribution in [0.5, 0.6) is 0 Å². The molecule has 1 aliphatic carbocycles. The van der Waals surface area contributed by atoms with Gasteiger partial charge in [-0.1, -0.05) is 78.6 Å². The molecule has 0 amide bonds. The van der Waals surface area contributed by atoms with Gasteiger partial charge in [0.15, 0.2) is 5.52 Å². The molecule has 4 aromatic rings. The number of hydrogen-bond acceptors (Lipinski definition) is 1. The van der Waals surface area contributed by atoms with E-state index in [2.05, 4.69) is 109 Å². The number of hydrogen-bond donors (Lipinski definition) is 0. The molecule has 204 valence electrons. The highest BCUT2D eigenvalue weighted by atomic mass is 15.0. The molecule has 1 fully saturated rings. The lowest BCUT2D eigenvalue weighted by molar-refractivity contribution is -0.662. The van der Waals surface area contributed by atoms with Crippen LogP contribution in [0.4, 0.5) is 0 Å². The quantitative estimate of drug-likeness (QED) is 0.232. The Morgan fingerprint density at radius 1 is 0.795 bits per heavy atom. The lowest BCUT2D eigenvalue weighted by atomic mass is 9.80. The Kier molecular flexibility index (Phi) is 7.68. The van der Waals surface area contributed by atoms with E-state index in [0.29, 0.717) is 23.7 Å². The summed E-state index contributed by atoms with van der Waals surface area (Å²) in [7, 11) is 2.14. The zero-order valence-corrected chi connectivity index (χ0v) is 25.7. The van der Waals surface area contributed by atoms with E-state index < -0.39 is 0 Å². The number of nitrogens with zero attached hydrogens (tertiary/aromatic N) is 2. The van der Waals surface area contributed by atoms with Crippen LogP contribution in [-0.4, -0.2) is 4.98 Å². The van der Waals surface area contributed by atoms with Crippen molar-refractivity contribution in [2.75, 3.05) is 0 Å². The summed E-state index contributed by atoms with van der Waals surface area (Å²) in [6.07, 6.45) is 7.33. The molecule has 5 rings (SSSR count). The minimum absolute atomic E-state index is 0.452. The van der Waals surface area contributed by atoms with Crippen LogP contribution >= 0.6 is 0 Å². The van der Waals surface area contributed by atoms with Crippen molar-refractivity contribution in [1.29, 1.82) is 0 Å². The highest BCUT2D eigenvalue weighted by Crippen LogP contribution is 2.42. The van der Waals surface area contributed by atoms with Gasteiger partial charge in [-0.05, 0) is 118 Å². The Hall–Kier alpha value is -3.00. The molecular formula is C37H47N2+. The fourth-order valence-corrected chi connectivity index (χ4v) is 6.64. The van der Waals surface area contributed by atoms with E-state index in [1.54, 1.807) is 0 Å². The molecule has 0 N–H and O–H groups in total. The molecule has 39 heavy (non-hydrogen) atoms. The van der Waals surface area contributed by atoms with Crippen LogP contribution in [0.25, 0.3) is 33.3 Å². The molecule has 2 heteroatoms. The van der Waals surface area contributed by atoms with E-state index in [4.69, 9.17) is 4.98 Å². The Morgan fingerprint density at radius 2 is 1.44 bits per heavy atom. The Morgan fingerprint density at radius 3 is 2.03 bits per heavy atom. The molecule has 0 spiro atoms. The summed E-state index contributed by atoms with van der Waals surface area (Å²) in [5.41, 5.74) is 15.0. The van der Waals surface area contributed by atoms with E-state index in [1.165, 1.54) is 86.8 Å². The second-order valence-corrected chi connectivity index (χ2v) is 13.0. The zero-order chi connectivity index (χ0) is 28.0. The molecule has 0 bridgehead atoms. The number of benzene rings is 3. The van der Waals surface area contributed by atoms with Gasteiger partial charge in [0.05, 0.1) is 12.4 Å². The van der Waals surface area contributed by atoms with Gasteiger partial charge in [0.2, 0.25) is 0 Å². The van der Waals surface area contributed by atoms with Gasteiger partial charge < -0.3 is 0 Å². The second kappa shape index (κ2) is 10.9. The Balaban J connectivity index is 1.76. The fraction of sp³-hybridized carbons (Fsp3) is 0.459. The molecule has 1 saturated carbocycles. The van der Waals surface area contributed by atoms with E-state index in [-0.39, 0.29) is 0 Å². The van der Waals surface area contributed by atoms with Crippen LogP contribution in [0.3, 0.4) is 0 Å². The van der Waals surface area contributed by atoms with Crippen LogP contribution in [0.1, 0.15) is 124 Å². The van der Waals surface area contributed by atoms with E-state index in [9.17, 15) is 0 Å². The van der Waals surface area contributed by atoms with Crippen molar-refractivity contribution in [3.63, 3.8) is 0 Å². The second-order valence-electron chi connectivity index (χ2n) is 13.0. The highest BCUT2D eigenvalue weighted by molar-refractivity contribution is 5.93. The summed E-state index contributed by atoms with van der Waals surface area (Å²) in [5, 5.41) is 1.24. The lowest BCUT2D eigenvalue weighted by Crippen LogP contribution is -2.32. The molecule has 2 nitrogen and oxygen atoms in total. The Bertz CT molecular complexity index is 1490. The van der Waals surface area contributed by atoms with E-state index in [0.717, 1.165) is 5.52 Å². The molecule has 1 aliphatic rings. The number of aromatic nitrogens is 2. The minimum atomic E-state index is 0.452. The Labute approximate surface area is 236 Å². The number of rotatable bonds is 6. The SMILES string of the molecule is Cc1cc(-c2c(C(C)C)cc(C(C)C)cc2C(C)C)cc(-c2c3ccc(C4CCCC4)cc3nc[n+]2C)c1C. The number of fused-ring (bicyclic) bond motifs is 1. The molecule has 0 radical (unpaired) electrons. The molecule has 1 aromatic heterocycles. The van der Waals surface area contributed by atoms with Crippen LogP contribution in [0.2, 0.25) is 0 Å². The van der Waals surface area contributed by atoms with Crippen molar-refractivity contribution in [2.45, 2.75) is 105 Å². The van der Waals surface area contributed by atoms with E-state index in [1.807, 2.05) is 6.33 Å². The molecule has 0 saturated heterocycles. The maximum absolute atomic E-state index is 4.90. The predicted molar refractivity (Wildman–Crippen MR) is 167 cm³/mol. The normalized spacial score (nSPS) is 14.5. The summed E-state index contributed by atoms with van der Waals surface area (Å²) in [6.45, 7) is 18.5. The maximum atomic E-state index is 4.90. The number of aryl methyl sites for hydroxylation is 2. The van der Waals surface area contributed by atoms with Gasteiger partial charge >= 0.3 is 0 Å². The molecular weight excluding hydrogens is 472 g/mol. The van der Waals surface area contributed by atoms with Gasteiger partial charge in [0.1, 0.15) is 5.69 Å². The summed E-state index contributed by atoms with van der Waals surface area (Å²) in [4.78, 5) is 4.90. The van der Waals surface area contributed by atoms with Gasteiger partial charge in [-0.3, -0.25) is 0 Å². The van der Waals surface area contributed by atoms with Crippen molar-refractivity contribution < 1.29 is 4.57 Å². The van der Waals surface area contributed by atoms with Gasteiger partial charge in [0.25, 0.3) is 6.33 Å². The van der Waals surface area contributed by atoms with Crippen LogP contribution in [-0.2, 0) is 7.05 Å². The first-order valence-corrected chi connectivity index (χ1v) is 15.1. The zero-order valence-electron chi connectivity index (χ0n) is 25.7. The van der Waals surface area contributed by atoms with Gasteiger partial charge in [-0.2, -0.15) is 0 Å². The first-order valence-electron chi connectivity index (χ1n) is 15.1. The first-order chi connectivity index (χ1) is 18.6. The summed E-state index contributed by atoms with van der Waals surface area (Å²) in [6, 6.07) is 16.9. The third kappa shape index (κ3) is 5.15.